The van der Waals surface area contributed by atoms with E-state index in [9.17, 15) is 22.8 Å². The normalized spacial score (nSPS) is 14.5. The van der Waals surface area contributed by atoms with Gasteiger partial charge in [-0.25, -0.2) is 18.7 Å². The molecule has 166 valence electrons. The summed E-state index contributed by atoms with van der Waals surface area (Å²) in [5.41, 5.74) is 0.127. The van der Waals surface area contributed by atoms with E-state index in [1.54, 1.807) is 6.08 Å². The van der Waals surface area contributed by atoms with Gasteiger partial charge in [0.1, 0.15) is 22.4 Å². The van der Waals surface area contributed by atoms with Crippen LogP contribution in [0.15, 0.2) is 29.1 Å². The Balaban J connectivity index is 1.55. The van der Waals surface area contributed by atoms with E-state index in [0.29, 0.717) is 25.1 Å². The van der Waals surface area contributed by atoms with Gasteiger partial charge in [-0.05, 0) is 37.1 Å². The highest BCUT2D eigenvalue weighted by Crippen LogP contribution is 2.27. The number of pyridine rings is 1. The third-order valence-electron chi connectivity index (χ3n) is 5.45. The molecule has 7 nitrogen and oxygen atoms in total. The summed E-state index contributed by atoms with van der Waals surface area (Å²) >= 11 is 0. The van der Waals surface area contributed by atoms with Crippen LogP contribution in [0.5, 0.6) is 0 Å². The lowest BCUT2D eigenvalue weighted by Gasteiger charge is -2.27. The van der Waals surface area contributed by atoms with Gasteiger partial charge < -0.3 is 10.3 Å². The number of carbonyl (C=O) groups excluding carboxylic acids is 1. The van der Waals surface area contributed by atoms with Crippen molar-refractivity contribution >= 4 is 22.5 Å². The maximum Gasteiger partial charge on any atom is 0.269 e. The molecular formula is C22H20F3N5O2. The summed E-state index contributed by atoms with van der Waals surface area (Å²) < 4.78 is 43.8. The minimum Gasteiger partial charge on any atom is -0.354 e. The summed E-state index contributed by atoms with van der Waals surface area (Å²) in [6.45, 7) is 2.39. The smallest absolute Gasteiger partial charge is 0.269 e. The van der Waals surface area contributed by atoms with E-state index in [0.717, 1.165) is 11.6 Å². The zero-order chi connectivity index (χ0) is 23.0. The third kappa shape index (κ3) is 4.01. The van der Waals surface area contributed by atoms with Crippen molar-refractivity contribution in [2.45, 2.75) is 19.9 Å². The molecule has 0 bridgehead atoms. The molecule has 10 heteroatoms. The second-order valence-electron chi connectivity index (χ2n) is 7.53. The molecule has 0 saturated heterocycles. The van der Waals surface area contributed by atoms with Crippen LogP contribution in [0.4, 0.5) is 13.2 Å². The average molecular weight is 443 g/mol. The van der Waals surface area contributed by atoms with Gasteiger partial charge in [-0.2, -0.15) is 4.39 Å². The number of rotatable bonds is 4. The molecule has 1 aliphatic heterocycles. The lowest BCUT2D eigenvalue weighted by atomic mass is 10.00. The first-order valence-electron chi connectivity index (χ1n) is 9.96. The lowest BCUT2D eigenvalue weighted by Crippen LogP contribution is -2.29. The topological polar surface area (TPSA) is 91.0 Å². The fraction of sp³-hybridized carbons (Fsp3) is 0.273. The molecule has 1 aliphatic rings. The summed E-state index contributed by atoms with van der Waals surface area (Å²) in [6.07, 6.45) is 2.26. The SMILES string of the molecule is CNC(=O)c1ccc(C2=CCN(Cc3cc(F)c4nc(C)c(=O)[nH]c4c3F)CC2)c(F)n1. The van der Waals surface area contributed by atoms with Gasteiger partial charge in [0.15, 0.2) is 11.6 Å². The van der Waals surface area contributed by atoms with E-state index in [1.165, 1.54) is 26.1 Å². The van der Waals surface area contributed by atoms with E-state index in [-0.39, 0.29) is 34.5 Å². The zero-order valence-electron chi connectivity index (χ0n) is 17.4. The monoisotopic (exact) mass is 443 g/mol. The Morgan fingerprint density at radius 3 is 2.69 bits per heavy atom. The van der Waals surface area contributed by atoms with Gasteiger partial charge in [-0.3, -0.25) is 14.5 Å². The number of fused-ring (bicyclic) bond motifs is 1. The zero-order valence-corrected chi connectivity index (χ0v) is 17.4. The minimum absolute atomic E-state index is 0.0108. The standard InChI is InChI=1S/C22H20F3N5O2/c1-11-21(31)29-19-17(24)13(9-15(23)18(19)27-11)10-30-7-5-12(6-8-30)14-3-4-16(22(32)26-2)28-20(14)25/h3-5,9H,6-8,10H2,1-2H3,(H,26,32)(H,29,31). The first-order chi connectivity index (χ1) is 15.3. The van der Waals surface area contributed by atoms with E-state index in [4.69, 9.17) is 0 Å². The molecule has 2 N–H and O–H groups in total. The van der Waals surface area contributed by atoms with E-state index in [2.05, 4.69) is 20.3 Å². The Hall–Kier alpha value is -3.53. The van der Waals surface area contributed by atoms with Gasteiger partial charge in [0.25, 0.3) is 11.5 Å². The van der Waals surface area contributed by atoms with E-state index < -0.39 is 29.0 Å². The molecule has 1 aromatic carbocycles. The van der Waals surface area contributed by atoms with Crippen molar-refractivity contribution in [3.05, 3.63) is 74.7 Å². The molecule has 4 rings (SSSR count). The minimum atomic E-state index is -0.736. The molecule has 3 heterocycles. The highest BCUT2D eigenvalue weighted by Gasteiger charge is 2.21. The highest BCUT2D eigenvalue weighted by molar-refractivity contribution is 5.92. The van der Waals surface area contributed by atoms with Gasteiger partial charge in [-0.15, -0.1) is 0 Å². The number of carbonyl (C=O) groups is 1. The molecule has 0 unspecified atom stereocenters. The van der Waals surface area contributed by atoms with Crippen LogP contribution in [-0.4, -0.2) is 45.9 Å². The number of aromatic nitrogens is 3. The first kappa shape index (κ1) is 21.7. The molecule has 0 radical (unpaired) electrons. The number of nitrogens with zero attached hydrogens (tertiary/aromatic N) is 3. The maximum absolute atomic E-state index is 14.9. The van der Waals surface area contributed by atoms with Gasteiger partial charge in [0.2, 0.25) is 5.95 Å². The van der Waals surface area contributed by atoms with Crippen LogP contribution in [0.2, 0.25) is 0 Å². The van der Waals surface area contributed by atoms with Crippen LogP contribution >= 0.6 is 0 Å². The summed E-state index contributed by atoms with van der Waals surface area (Å²) in [6, 6.07) is 4.05. The molecule has 3 aromatic rings. The Morgan fingerprint density at radius 1 is 1.25 bits per heavy atom. The Kier molecular flexibility index (Phi) is 5.79. The van der Waals surface area contributed by atoms with Crippen LogP contribution < -0.4 is 10.9 Å². The van der Waals surface area contributed by atoms with Crippen molar-refractivity contribution in [1.29, 1.82) is 0 Å². The van der Waals surface area contributed by atoms with Crippen molar-refractivity contribution in [2.24, 2.45) is 0 Å². The number of nitrogens with one attached hydrogen (secondary N) is 2. The lowest BCUT2D eigenvalue weighted by molar-refractivity contribution is 0.0957. The van der Waals surface area contributed by atoms with Gasteiger partial charge >= 0.3 is 0 Å². The van der Waals surface area contributed by atoms with Crippen LogP contribution in [0.1, 0.15) is 33.7 Å². The molecule has 0 atom stereocenters. The fourth-order valence-corrected chi connectivity index (χ4v) is 3.70. The summed E-state index contributed by atoms with van der Waals surface area (Å²) in [5.74, 6) is -2.65. The summed E-state index contributed by atoms with van der Waals surface area (Å²) in [7, 11) is 1.44. The largest absolute Gasteiger partial charge is 0.354 e. The van der Waals surface area contributed by atoms with Crippen LogP contribution in [0.3, 0.4) is 0 Å². The number of hydrogen-bond donors (Lipinski definition) is 2. The molecule has 1 amide bonds. The Bertz CT molecular complexity index is 1320. The van der Waals surface area contributed by atoms with Gasteiger partial charge in [0.05, 0.1) is 0 Å². The number of hydrogen-bond acceptors (Lipinski definition) is 5. The number of aryl methyl sites for hydroxylation is 1. The predicted octanol–water partition coefficient (Wildman–Crippen LogP) is 2.69. The molecule has 0 spiro atoms. The number of aromatic amines is 1. The molecular weight excluding hydrogens is 423 g/mol. The number of halogens is 3. The van der Waals surface area contributed by atoms with E-state index >= 15 is 0 Å². The van der Waals surface area contributed by atoms with Crippen molar-refractivity contribution in [3.8, 4) is 0 Å². The second-order valence-corrected chi connectivity index (χ2v) is 7.53. The van der Waals surface area contributed by atoms with Crippen LogP contribution in [0.25, 0.3) is 16.6 Å². The average Bonchev–Trinajstić information content (AvgIpc) is 2.78. The summed E-state index contributed by atoms with van der Waals surface area (Å²) in [5, 5.41) is 2.39. The molecule has 0 saturated carbocycles. The number of H-pyrrole nitrogens is 1. The maximum atomic E-state index is 14.9. The molecule has 2 aromatic heterocycles. The third-order valence-corrected chi connectivity index (χ3v) is 5.45. The van der Waals surface area contributed by atoms with Crippen molar-refractivity contribution < 1.29 is 18.0 Å². The second kappa shape index (κ2) is 8.54. The quantitative estimate of drug-likeness (QED) is 0.605. The van der Waals surface area contributed by atoms with Crippen molar-refractivity contribution in [3.63, 3.8) is 0 Å². The fourth-order valence-electron chi connectivity index (χ4n) is 3.70. The highest BCUT2D eigenvalue weighted by atomic mass is 19.1. The first-order valence-corrected chi connectivity index (χ1v) is 9.96. The molecule has 32 heavy (non-hydrogen) atoms. The number of amides is 1. The van der Waals surface area contributed by atoms with Crippen LogP contribution in [-0.2, 0) is 6.54 Å². The van der Waals surface area contributed by atoms with Crippen molar-refractivity contribution in [2.75, 3.05) is 20.1 Å². The Labute approximate surface area is 181 Å². The molecule has 0 fully saturated rings. The summed E-state index contributed by atoms with van der Waals surface area (Å²) in [4.78, 5) is 35.2. The van der Waals surface area contributed by atoms with Gasteiger partial charge in [0, 0.05) is 37.8 Å². The van der Waals surface area contributed by atoms with Gasteiger partial charge in [-0.1, -0.05) is 6.08 Å². The van der Waals surface area contributed by atoms with E-state index in [1.807, 2.05) is 4.90 Å². The Morgan fingerprint density at radius 2 is 2.03 bits per heavy atom. The van der Waals surface area contributed by atoms with Crippen LogP contribution in [0, 0.1) is 24.5 Å². The van der Waals surface area contributed by atoms with Crippen molar-refractivity contribution in [1.82, 2.24) is 25.2 Å². The predicted molar refractivity (Wildman–Crippen MR) is 112 cm³/mol. The molecule has 0 aliphatic carbocycles. The number of benzene rings is 1.